The Hall–Kier alpha value is -2.54. The maximum atomic E-state index is 12.2. The molecule has 0 atom stereocenters. The largest absolute Gasteiger partial charge is 0.488 e. The van der Waals surface area contributed by atoms with Gasteiger partial charge in [-0.1, -0.05) is 6.07 Å². The molecule has 0 aliphatic heterocycles. The molecule has 4 rings (SSSR count). The maximum Gasteiger partial charge on any atom is 0.228 e. The topological polar surface area (TPSA) is 77.0 Å². The Morgan fingerprint density at radius 2 is 2.17 bits per heavy atom. The van der Waals surface area contributed by atoms with Crippen molar-refractivity contribution in [1.29, 1.82) is 0 Å². The summed E-state index contributed by atoms with van der Waals surface area (Å²) in [4.78, 5) is 24.7. The zero-order valence-electron chi connectivity index (χ0n) is 13.1. The first kappa shape index (κ1) is 15.0. The number of hydrogen-bond donors (Lipinski definition) is 1. The molecule has 1 fully saturated rings. The number of carbonyl (C=O) groups excluding carboxylic acids is 1. The van der Waals surface area contributed by atoms with Gasteiger partial charge in [0.25, 0.3) is 0 Å². The Morgan fingerprint density at radius 1 is 1.29 bits per heavy atom. The minimum absolute atomic E-state index is 0.0141. The molecule has 0 saturated heterocycles. The molecule has 1 amide bonds. The molecule has 6 nitrogen and oxygen atoms in total. The van der Waals surface area contributed by atoms with Gasteiger partial charge in [-0.15, -0.1) is 11.3 Å². The van der Waals surface area contributed by atoms with Crippen molar-refractivity contribution in [1.82, 2.24) is 15.0 Å². The normalized spacial score (nSPS) is 19.7. The van der Waals surface area contributed by atoms with E-state index in [0.29, 0.717) is 18.7 Å². The molecule has 2 aromatic heterocycles. The van der Waals surface area contributed by atoms with Crippen LogP contribution < -0.4 is 10.1 Å². The molecule has 2 heterocycles. The van der Waals surface area contributed by atoms with Crippen molar-refractivity contribution in [3.05, 3.63) is 41.8 Å². The zero-order chi connectivity index (χ0) is 16.5. The summed E-state index contributed by atoms with van der Waals surface area (Å²) in [5.74, 6) is 1.29. The van der Waals surface area contributed by atoms with E-state index in [9.17, 15) is 4.79 Å². The Kier molecular flexibility index (Phi) is 3.86. The third-order valence-electron chi connectivity index (χ3n) is 4.14. The fourth-order valence-corrected chi connectivity index (χ4v) is 3.46. The molecular formula is C17H16N4O2S. The Labute approximate surface area is 142 Å². The highest BCUT2D eigenvalue weighted by Crippen LogP contribution is 2.35. The number of nitrogens with one attached hydrogen (secondary N) is 1. The number of hydrogen-bond acceptors (Lipinski definition) is 6. The number of fused-ring (bicyclic) bond motifs is 1. The molecular weight excluding hydrogens is 324 g/mol. The summed E-state index contributed by atoms with van der Waals surface area (Å²) in [7, 11) is 0. The van der Waals surface area contributed by atoms with Gasteiger partial charge in [-0.05, 0) is 31.9 Å². The summed E-state index contributed by atoms with van der Waals surface area (Å²) in [5, 5.41) is 2.84. The lowest BCUT2D eigenvalue weighted by molar-refractivity contribution is -0.125. The molecule has 0 bridgehead atoms. The van der Waals surface area contributed by atoms with Gasteiger partial charge in [0.2, 0.25) is 5.91 Å². The van der Waals surface area contributed by atoms with Gasteiger partial charge in [-0.25, -0.2) is 15.0 Å². The maximum absolute atomic E-state index is 12.2. The molecule has 24 heavy (non-hydrogen) atoms. The number of benzene rings is 1. The minimum Gasteiger partial charge on any atom is -0.488 e. The van der Waals surface area contributed by atoms with Crippen molar-refractivity contribution >= 4 is 33.3 Å². The van der Waals surface area contributed by atoms with Gasteiger partial charge in [0, 0.05) is 17.7 Å². The third-order valence-corrected chi connectivity index (χ3v) is 4.93. The summed E-state index contributed by atoms with van der Waals surface area (Å²) in [6.07, 6.45) is 2.92. The molecule has 1 saturated carbocycles. The number of aromatic nitrogens is 3. The van der Waals surface area contributed by atoms with E-state index in [-0.39, 0.29) is 17.9 Å². The van der Waals surface area contributed by atoms with Crippen LogP contribution in [0.1, 0.15) is 18.5 Å². The van der Waals surface area contributed by atoms with Crippen molar-refractivity contribution in [3.8, 4) is 5.75 Å². The Morgan fingerprint density at radius 3 is 3.00 bits per heavy atom. The number of nitrogens with zero attached hydrogens (tertiary/aromatic N) is 3. The van der Waals surface area contributed by atoms with Crippen LogP contribution in [0, 0.1) is 12.8 Å². The van der Waals surface area contributed by atoms with Crippen LogP contribution in [-0.4, -0.2) is 27.0 Å². The second kappa shape index (κ2) is 6.16. The summed E-state index contributed by atoms with van der Waals surface area (Å²) < 4.78 is 7.12. The van der Waals surface area contributed by atoms with Gasteiger partial charge < -0.3 is 10.1 Å². The summed E-state index contributed by atoms with van der Waals surface area (Å²) in [5.41, 5.74) is 3.54. The van der Waals surface area contributed by atoms with E-state index in [1.165, 1.54) is 6.33 Å². The van der Waals surface area contributed by atoms with Crippen molar-refractivity contribution in [2.24, 2.45) is 5.92 Å². The molecule has 0 unspecified atom stereocenters. The quantitative estimate of drug-likeness (QED) is 0.789. The highest BCUT2D eigenvalue weighted by atomic mass is 32.1. The van der Waals surface area contributed by atoms with Crippen LogP contribution in [0.25, 0.3) is 10.2 Å². The molecule has 1 aliphatic carbocycles. The van der Waals surface area contributed by atoms with E-state index in [4.69, 9.17) is 4.74 Å². The van der Waals surface area contributed by atoms with Crippen LogP contribution in [0.15, 0.2) is 36.1 Å². The number of carbonyl (C=O) groups is 1. The van der Waals surface area contributed by atoms with E-state index in [1.807, 2.05) is 30.6 Å². The number of ether oxygens (including phenoxy) is 1. The number of amides is 1. The summed E-state index contributed by atoms with van der Waals surface area (Å²) in [6, 6.07) is 7.68. The lowest BCUT2D eigenvalue weighted by Gasteiger charge is -2.34. The first-order valence-electron chi connectivity index (χ1n) is 7.77. The highest BCUT2D eigenvalue weighted by Gasteiger charge is 2.36. The monoisotopic (exact) mass is 340 g/mol. The van der Waals surface area contributed by atoms with E-state index < -0.39 is 0 Å². The SMILES string of the molecule is Cc1cc(NC(=O)[C@H]2C[C@H](Oc3cccc4scnc34)C2)ncn1. The van der Waals surface area contributed by atoms with Gasteiger partial charge in [-0.2, -0.15) is 0 Å². The van der Waals surface area contributed by atoms with Crippen LogP contribution in [0.2, 0.25) is 0 Å². The predicted octanol–water partition coefficient (Wildman–Crippen LogP) is 3.19. The fraction of sp³-hybridized carbons (Fsp3) is 0.294. The lowest BCUT2D eigenvalue weighted by atomic mass is 9.81. The van der Waals surface area contributed by atoms with E-state index in [0.717, 1.165) is 21.7 Å². The smallest absolute Gasteiger partial charge is 0.228 e. The van der Waals surface area contributed by atoms with E-state index >= 15 is 0 Å². The number of para-hydroxylation sites is 1. The highest BCUT2D eigenvalue weighted by molar-refractivity contribution is 7.16. The number of thiazole rings is 1. The second-order valence-corrected chi connectivity index (χ2v) is 6.78. The van der Waals surface area contributed by atoms with Crippen molar-refractivity contribution in [2.75, 3.05) is 5.32 Å². The minimum atomic E-state index is -0.0418. The van der Waals surface area contributed by atoms with Gasteiger partial charge in [0.1, 0.15) is 29.5 Å². The summed E-state index contributed by atoms with van der Waals surface area (Å²) >= 11 is 1.59. The van der Waals surface area contributed by atoms with Crippen LogP contribution in [0.5, 0.6) is 5.75 Å². The van der Waals surface area contributed by atoms with Gasteiger partial charge >= 0.3 is 0 Å². The van der Waals surface area contributed by atoms with Crippen LogP contribution in [0.3, 0.4) is 0 Å². The average Bonchev–Trinajstić information content (AvgIpc) is 2.99. The molecule has 1 aliphatic rings. The fourth-order valence-electron chi connectivity index (χ4n) is 2.76. The second-order valence-electron chi connectivity index (χ2n) is 5.90. The van der Waals surface area contributed by atoms with Gasteiger partial charge in [0.05, 0.1) is 10.2 Å². The predicted molar refractivity (Wildman–Crippen MR) is 92.2 cm³/mol. The molecule has 122 valence electrons. The van der Waals surface area contributed by atoms with Gasteiger partial charge in [0.15, 0.2) is 0 Å². The Bertz CT molecular complexity index is 889. The van der Waals surface area contributed by atoms with Gasteiger partial charge in [-0.3, -0.25) is 4.79 Å². The van der Waals surface area contributed by atoms with Crippen molar-refractivity contribution in [3.63, 3.8) is 0 Å². The third kappa shape index (κ3) is 2.94. The number of rotatable bonds is 4. The first-order valence-corrected chi connectivity index (χ1v) is 8.65. The number of aryl methyl sites for hydroxylation is 1. The standard InChI is InChI=1S/C17H16N4O2S/c1-10-5-15(19-8-18-10)21-17(22)11-6-12(7-11)23-13-3-2-4-14-16(13)20-9-24-14/h2-5,8-9,11-12H,6-7H2,1H3,(H,18,19,21,22)/t11-,12-. The van der Waals surface area contributed by atoms with Crippen molar-refractivity contribution in [2.45, 2.75) is 25.9 Å². The lowest BCUT2D eigenvalue weighted by Crippen LogP contribution is -2.41. The van der Waals surface area contributed by atoms with E-state index in [1.54, 1.807) is 17.4 Å². The molecule has 1 N–H and O–H groups in total. The van der Waals surface area contributed by atoms with Crippen LogP contribution in [-0.2, 0) is 4.79 Å². The Balaban J connectivity index is 1.35. The molecule has 0 spiro atoms. The molecule has 3 aromatic rings. The molecule has 0 radical (unpaired) electrons. The first-order chi connectivity index (χ1) is 11.7. The number of anilines is 1. The summed E-state index contributed by atoms with van der Waals surface area (Å²) in [6.45, 7) is 1.86. The van der Waals surface area contributed by atoms with Crippen molar-refractivity contribution < 1.29 is 9.53 Å². The van der Waals surface area contributed by atoms with Crippen LogP contribution in [0.4, 0.5) is 5.82 Å². The average molecular weight is 340 g/mol. The van der Waals surface area contributed by atoms with Crippen LogP contribution >= 0.6 is 11.3 Å². The molecule has 1 aromatic carbocycles. The molecule has 7 heteroatoms. The van der Waals surface area contributed by atoms with E-state index in [2.05, 4.69) is 20.3 Å². The zero-order valence-corrected chi connectivity index (χ0v) is 13.9.